The molecule has 5 heteroatoms. The first-order valence-corrected chi connectivity index (χ1v) is 10.1. The maximum atomic E-state index is 12.4. The Bertz CT molecular complexity index is 693. The van der Waals surface area contributed by atoms with E-state index in [0.29, 0.717) is 11.3 Å². The fourth-order valence-electron chi connectivity index (χ4n) is 6.11. The number of hydrogen-bond acceptors (Lipinski definition) is 4. The smallest absolute Gasteiger partial charge is 0.338 e. The molecule has 1 N–H and O–H groups in total. The Hall–Kier alpha value is -2.04. The highest BCUT2D eigenvalue weighted by molar-refractivity contribution is 5.91. The fraction of sp³-hybridized carbons (Fsp3) is 0.636. The summed E-state index contributed by atoms with van der Waals surface area (Å²) in [5.41, 5.74) is 0.637. The molecule has 4 aliphatic carbocycles. The molecule has 0 heterocycles. The second-order valence-electron chi connectivity index (χ2n) is 8.88. The number of ether oxygens (including phenoxy) is 2. The Labute approximate surface area is 160 Å². The Kier molecular flexibility index (Phi) is 4.87. The molecule has 4 saturated carbocycles. The van der Waals surface area contributed by atoms with Crippen LogP contribution in [0.4, 0.5) is 0 Å². The van der Waals surface area contributed by atoms with Crippen LogP contribution in [-0.4, -0.2) is 31.6 Å². The van der Waals surface area contributed by atoms with Crippen LogP contribution in [0.5, 0.6) is 5.75 Å². The quantitative estimate of drug-likeness (QED) is 0.777. The molecule has 0 spiro atoms. The zero-order valence-corrected chi connectivity index (χ0v) is 16.2. The Morgan fingerprint density at radius 3 is 2.37 bits per heavy atom. The van der Waals surface area contributed by atoms with Crippen molar-refractivity contribution in [1.29, 1.82) is 0 Å². The molecular weight excluding hydrogens is 342 g/mol. The summed E-state index contributed by atoms with van der Waals surface area (Å²) in [6.07, 6.45) is 7.88. The molecule has 1 aromatic rings. The number of benzene rings is 1. The summed E-state index contributed by atoms with van der Waals surface area (Å²) in [7, 11) is 1.55. The van der Waals surface area contributed by atoms with E-state index in [2.05, 4.69) is 12.2 Å². The first kappa shape index (κ1) is 18.3. The number of rotatable bonds is 6. The van der Waals surface area contributed by atoms with Crippen molar-refractivity contribution in [3.05, 3.63) is 29.8 Å². The SMILES string of the molecule is COc1cccc(C(=O)OCC(=O)N[C@H](C)C23CC4CC(CC(C4)C2)C3)c1. The number of hydrogen-bond donors (Lipinski definition) is 1. The van der Waals surface area contributed by atoms with Gasteiger partial charge in [0.2, 0.25) is 0 Å². The van der Waals surface area contributed by atoms with Crippen LogP contribution >= 0.6 is 0 Å². The molecule has 0 saturated heterocycles. The van der Waals surface area contributed by atoms with Crippen LogP contribution in [0, 0.1) is 23.2 Å². The predicted octanol–water partition coefficient (Wildman–Crippen LogP) is 3.57. The van der Waals surface area contributed by atoms with Gasteiger partial charge < -0.3 is 14.8 Å². The van der Waals surface area contributed by atoms with Gasteiger partial charge >= 0.3 is 5.97 Å². The number of carbonyl (C=O) groups is 2. The van der Waals surface area contributed by atoms with Gasteiger partial charge in [0.1, 0.15) is 5.75 Å². The third kappa shape index (κ3) is 3.69. The van der Waals surface area contributed by atoms with E-state index < -0.39 is 5.97 Å². The van der Waals surface area contributed by atoms with E-state index in [1.54, 1.807) is 31.4 Å². The minimum atomic E-state index is -0.508. The van der Waals surface area contributed by atoms with Crippen molar-refractivity contribution in [2.75, 3.05) is 13.7 Å². The van der Waals surface area contributed by atoms with Crippen LogP contribution in [-0.2, 0) is 9.53 Å². The molecule has 0 aliphatic heterocycles. The lowest BCUT2D eigenvalue weighted by Crippen LogP contribution is -2.56. The van der Waals surface area contributed by atoms with E-state index in [1.807, 2.05) is 0 Å². The monoisotopic (exact) mass is 371 g/mol. The van der Waals surface area contributed by atoms with Crippen molar-refractivity contribution in [2.45, 2.75) is 51.5 Å². The van der Waals surface area contributed by atoms with Gasteiger partial charge in [0.25, 0.3) is 5.91 Å². The van der Waals surface area contributed by atoms with Crippen LogP contribution in [0.2, 0.25) is 0 Å². The summed E-state index contributed by atoms with van der Waals surface area (Å²) in [5.74, 6) is 2.41. The number of carbonyl (C=O) groups excluding carboxylic acids is 2. The van der Waals surface area contributed by atoms with E-state index in [9.17, 15) is 9.59 Å². The first-order chi connectivity index (χ1) is 13.0. The molecule has 5 rings (SSSR count). The third-order valence-corrected chi connectivity index (χ3v) is 7.02. The lowest BCUT2D eigenvalue weighted by atomic mass is 9.48. The molecule has 146 valence electrons. The molecule has 1 amide bonds. The van der Waals surface area contributed by atoms with Gasteiger partial charge in [0, 0.05) is 6.04 Å². The average Bonchev–Trinajstić information content (AvgIpc) is 2.65. The Balaban J connectivity index is 1.31. The number of esters is 1. The second kappa shape index (κ2) is 7.17. The summed E-state index contributed by atoms with van der Waals surface area (Å²) in [5, 5.41) is 3.13. The zero-order chi connectivity index (χ0) is 19.0. The van der Waals surface area contributed by atoms with Gasteiger partial charge in [-0.25, -0.2) is 4.79 Å². The standard InChI is InChI=1S/C22H29NO4/c1-14(22-10-15-6-16(11-22)8-17(7-15)12-22)23-20(24)13-27-21(25)18-4-3-5-19(9-18)26-2/h3-5,9,14-17H,6-8,10-13H2,1-2H3,(H,23,24)/t14-,15?,16?,17?,22?/m1/s1. The van der Waals surface area contributed by atoms with Gasteiger partial charge in [-0.2, -0.15) is 0 Å². The average molecular weight is 371 g/mol. The maximum Gasteiger partial charge on any atom is 0.338 e. The summed E-state index contributed by atoms with van der Waals surface area (Å²) in [6, 6.07) is 6.88. The van der Waals surface area contributed by atoms with Crippen LogP contribution in [0.15, 0.2) is 24.3 Å². The van der Waals surface area contributed by atoms with E-state index >= 15 is 0 Å². The van der Waals surface area contributed by atoms with Gasteiger partial charge in [0.15, 0.2) is 6.61 Å². The molecule has 0 radical (unpaired) electrons. The highest BCUT2D eigenvalue weighted by Crippen LogP contribution is 2.61. The zero-order valence-electron chi connectivity index (χ0n) is 16.2. The Morgan fingerprint density at radius 2 is 1.78 bits per heavy atom. The highest BCUT2D eigenvalue weighted by atomic mass is 16.5. The number of amides is 1. The third-order valence-electron chi connectivity index (χ3n) is 7.02. The molecule has 4 bridgehead atoms. The molecule has 0 unspecified atom stereocenters. The molecule has 1 aromatic carbocycles. The summed E-state index contributed by atoms with van der Waals surface area (Å²) >= 11 is 0. The Morgan fingerprint density at radius 1 is 1.15 bits per heavy atom. The van der Waals surface area contributed by atoms with E-state index in [-0.39, 0.29) is 24.0 Å². The lowest BCUT2D eigenvalue weighted by molar-refractivity contribution is -0.128. The summed E-state index contributed by atoms with van der Waals surface area (Å²) in [6.45, 7) is 1.89. The van der Waals surface area contributed by atoms with Crippen molar-refractivity contribution in [3.63, 3.8) is 0 Å². The minimum Gasteiger partial charge on any atom is -0.497 e. The molecule has 27 heavy (non-hydrogen) atoms. The van der Waals surface area contributed by atoms with Crippen molar-refractivity contribution in [1.82, 2.24) is 5.32 Å². The molecule has 5 nitrogen and oxygen atoms in total. The van der Waals surface area contributed by atoms with E-state index in [0.717, 1.165) is 17.8 Å². The van der Waals surface area contributed by atoms with Gasteiger partial charge in [-0.3, -0.25) is 4.79 Å². The topological polar surface area (TPSA) is 64.6 Å². The maximum absolute atomic E-state index is 12.4. The minimum absolute atomic E-state index is 0.133. The van der Waals surface area contributed by atoms with Gasteiger partial charge in [-0.15, -0.1) is 0 Å². The molecule has 4 fully saturated rings. The van der Waals surface area contributed by atoms with Crippen LogP contribution in [0.3, 0.4) is 0 Å². The summed E-state index contributed by atoms with van der Waals surface area (Å²) < 4.78 is 10.3. The molecule has 0 aromatic heterocycles. The van der Waals surface area contributed by atoms with E-state index in [4.69, 9.17) is 9.47 Å². The number of nitrogens with one attached hydrogen (secondary N) is 1. The summed E-state index contributed by atoms with van der Waals surface area (Å²) in [4.78, 5) is 24.6. The largest absolute Gasteiger partial charge is 0.497 e. The molecule has 1 atom stereocenters. The molecular formula is C22H29NO4. The van der Waals surface area contributed by atoms with Crippen molar-refractivity contribution in [2.24, 2.45) is 23.2 Å². The van der Waals surface area contributed by atoms with Gasteiger partial charge in [0.05, 0.1) is 12.7 Å². The predicted molar refractivity (Wildman–Crippen MR) is 101 cm³/mol. The first-order valence-electron chi connectivity index (χ1n) is 10.1. The highest BCUT2D eigenvalue weighted by Gasteiger charge is 2.53. The van der Waals surface area contributed by atoms with Crippen LogP contribution < -0.4 is 10.1 Å². The van der Waals surface area contributed by atoms with Crippen LogP contribution in [0.25, 0.3) is 0 Å². The fourth-order valence-corrected chi connectivity index (χ4v) is 6.11. The number of methoxy groups -OCH3 is 1. The second-order valence-corrected chi connectivity index (χ2v) is 8.88. The van der Waals surface area contributed by atoms with Crippen LogP contribution in [0.1, 0.15) is 55.8 Å². The van der Waals surface area contributed by atoms with Crippen molar-refractivity contribution < 1.29 is 19.1 Å². The molecule has 4 aliphatic rings. The van der Waals surface area contributed by atoms with Crippen molar-refractivity contribution in [3.8, 4) is 5.75 Å². The normalized spacial score (nSPS) is 32.0. The van der Waals surface area contributed by atoms with Gasteiger partial charge in [-0.1, -0.05) is 6.07 Å². The van der Waals surface area contributed by atoms with Crippen molar-refractivity contribution >= 4 is 11.9 Å². The van der Waals surface area contributed by atoms with E-state index in [1.165, 1.54) is 38.5 Å². The lowest BCUT2D eigenvalue weighted by Gasteiger charge is -2.59. The van der Waals surface area contributed by atoms with Gasteiger partial charge in [-0.05, 0) is 86.8 Å².